The largest absolute Gasteiger partial charge is 0.478 e. The van der Waals surface area contributed by atoms with Gasteiger partial charge in [0.05, 0.1) is 0 Å². The van der Waals surface area contributed by atoms with E-state index in [1.165, 1.54) is 0 Å². The molecule has 0 aromatic carbocycles. The van der Waals surface area contributed by atoms with Gasteiger partial charge in [-0.3, -0.25) is 4.55 Å². The second kappa shape index (κ2) is 5.47. The Balaban J connectivity index is 4.08. The van der Waals surface area contributed by atoms with Gasteiger partial charge in [0.1, 0.15) is 11.9 Å². The molecule has 0 saturated carbocycles. The molecule has 1 atom stereocenters. The summed E-state index contributed by atoms with van der Waals surface area (Å²) in [4.78, 5) is 20.7. The summed E-state index contributed by atoms with van der Waals surface area (Å²) < 4.78 is 33.8. The van der Waals surface area contributed by atoms with Crippen molar-refractivity contribution in [2.24, 2.45) is 0 Å². The van der Waals surface area contributed by atoms with E-state index in [0.29, 0.717) is 12.2 Å². The Morgan fingerprint density at radius 1 is 1.40 bits per heavy atom. The van der Waals surface area contributed by atoms with Crippen LogP contribution in [0.5, 0.6) is 0 Å². The summed E-state index contributed by atoms with van der Waals surface area (Å²) in [6.45, 7) is 0.602. The maximum absolute atomic E-state index is 10.7. The standard InChI is InChI=1S/C7H10O7S/c1-5(15(11,12)13)4-14-7(10)3-2-6(8)9/h2-3,5H,4H2,1H3,(H,8,9)(H,11,12,13). The van der Waals surface area contributed by atoms with Gasteiger partial charge in [0.2, 0.25) is 0 Å². The fraction of sp³-hybridized carbons (Fsp3) is 0.429. The molecule has 0 amide bonds. The van der Waals surface area contributed by atoms with E-state index in [-0.39, 0.29) is 0 Å². The van der Waals surface area contributed by atoms with Crippen molar-refractivity contribution in [2.75, 3.05) is 6.61 Å². The first-order chi connectivity index (χ1) is 6.73. The molecule has 0 fully saturated rings. The van der Waals surface area contributed by atoms with Gasteiger partial charge in [0.15, 0.2) is 0 Å². The Hall–Kier alpha value is -1.41. The van der Waals surface area contributed by atoms with Crippen molar-refractivity contribution in [1.29, 1.82) is 0 Å². The van der Waals surface area contributed by atoms with Crippen molar-refractivity contribution in [1.82, 2.24) is 0 Å². The molecule has 2 N–H and O–H groups in total. The van der Waals surface area contributed by atoms with Crippen molar-refractivity contribution >= 4 is 22.1 Å². The molecule has 0 aromatic rings. The number of esters is 1. The van der Waals surface area contributed by atoms with Crippen molar-refractivity contribution < 1.29 is 32.4 Å². The van der Waals surface area contributed by atoms with Gasteiger partial charge >= 0.3 is 11.9 Å². The van der Waals surface area contributed by atoms with Crippen LogP contribution in [-0.2, 0) is 24.4 Å². The Labute approximate surface area is 86.1 Å². The average molecular weight is 238 g/mol. The lowest BCUT2D eigenvalue weighted by molar-refractivity contribution is -0.138. The quantitative estimate of drug-likeness (QED) is 0.374. The van der Waals surface area contributed by atoms with Crippen LogP contribution >= 0.6 is 0 Å². The van der Waals surface area contributed by atoms with Crippen molar-refractivity contribution in [3.63, 3.8) is 0 Å². The van der Waals surface area contributed by atoms with Gasteiger partial charge in [-0.15, -0.1) is 0 Å². The summed E-state index contributed by atoms with van der Waals surface area (Å²) in [5.74, 6) is -2.32. The lowest BCUT2D eigenvalue weighted by atomic mass is 10.5. The fourth-order valence-corrected chi connectivity index (χ4v) is 0.713. The van der Waals surface area contributed by atoms with Crippen LogP contribution in [0.25, 0.3) is 0 Å². The molecule has 0 saturated heterocycles. The maximum atomic E-state index is 10.7. The smallest absolute Gasteiger partial charge is 0.331 e. The molecule has 0 rings (SSSR count). The molecule has 86 valence electrons. The summed E-state index contributed by atoms with van der Waals surface area (Å²) in [6.07, 6.45) is 1.19. The van der Waals surface area contributed by atoms with E-state index in [1.54, 1.807) is 0 Å². The molecule has 0 aromatic heterocycles. The summed E-state index contributed by atoms with van der Waals surface area (Å²) in [7, 11) is -4.25. The number of carboxylic acids is 1. The first kappa shape index (κ1) is 13.6. The van der Waals surface area contributed by atoms with Crippen LogP contribution in [0.2, 0.25) is 0 Å². The predicted molar refractivity (Wildman–Crippen MR) is 48.7 cm³/mol. The third-order valence-corrected chi connectivity index (χ3v) is 2.48. The molecule has 0 aliphatic heterocycles. The van der Waals surface area contributed by atoms with Crippen molar-refractivity contribution in [3.8, 4) is 0 Å². The van der Waals surface area contributed by atoms with Crippen molar-refractivity contribution in [2.45, 2.75) is 12.2 Å². The molecular formula is C7H10O7S. The molecule has 8 heteroatoms. The first-order valence-electron chi connectivity index (χ1n) is 3.77. The number of carbonyl (C=O) groups is 2. The molecule has 0 bridgehead atoms. The van der Waals surface area contributed by atoms with Crippen LogP contribution in [0.4, 0.5) is 0 Å². The maximum Gasteiger partial charge on any atom is 0.331 e. The number of carboxylic acid groups (broad SMARTS) is 1. The second-order valence-corrected chi connectivity index (χ2v) is 4.46. The van der Waals surface area contributed by atoms with Gasteiger partial charge < -0.3 is 9.84 Å². The monoisotopic (exact) mass is 238 g/mol. The fourth-order valence-electron chi connectivity index (χ4n) is 0.473. The van der Waals surface area contributed by atoms with E-state index in [1.807, 2.05) is 0 Å². The molecule has 1 unspecified atom stereocenters. The molecular weight excluding hydrogens is 228 g/mol. The minimum Gasteiger partial charge on any atom is -0.478 e. The van der Waals surface area contributed by atoms with Crippen LogP contribution in [0.3, 0.4) is 0 Å². The number of rotatable bonds is 5. The zero-order valence-corrected chi connectivity index (χ0v) is 8.60. The van der Waals surface area contributed by atoms with E-state index in [2.05, 4.69) is 4.74 Å². The van der Waals surface area contributed by atoms with Gasteiger partial charge in [0.25, 0.3) is 10.1 Å². The Kier molecular flexibility index (Phi) is 4.95. The van der Waals surface area contributed by atoms with Gasteiger partial charge in [-0.05, 0) is 6.92 Å². The summed E-state index contributed by atoms with van der Waals surface area (Å²) in [5.41, 5.74) is 0. The lowest BCUT2D eigenvalue weighted by Gasteiger charge is -2.06. The SMILES string of the molecule is CC(COC(=O)C=CC(=O)O)S(=O)(=O)O. The summed E-state index contributed by atoms with van der Waals surface area (Å²) in [6, 6.07) is 0. The van der Waals surface area contributed by atoms with Gasteiger partial charge in [-0.2, -0.15) is 8.42 Å². The topological polar surface area (TPSA) is 118 Å². The minimum atomic E-state index is -4.25. The number of carbonyl (C=O) groups excluding carboxylic acids is 1. The first-order valence-corrected chi connectivity index (χ1v) is 5.28. The zero-order chi connectivity index (χ0) is 12.1. The van der Waals surface area contributed by atoms with Gasteiger partial charge in [-0.1, -0.05) is 0 Å². The minimum absolute atomic E-state index is 0.540. The lowest BCUT2D eigenvalue weighted by Crippen LogP contribution is -2.23. The summed E-state index contributed by atoms with van der Waals surface area (Å²) >= 11 is 0. The van der Waals surface area contributed by atoms with Crippen LogP contribution in [-0.4, -0.2) is 41.9 Å². The normalized spacial score (nSPS) is 13.7. The molecule has 0 radical (unpaired) electrons. The van der Waals surface area contributed by atoms with E-state index in [9.17, 15) is 18.0 Å². The Morgan fingerprint density at radius 3 is 2.33 bits per heavy atom. The molecule has 0 aliphatic carbocycles. The number of aliphatic carboxylic acids is 1. The van der Waals surface area contributed by atoms with Crippen LogP contribution in [0.1, 0.15) is 6.92 Å². The highest BCUT2D eigenvalue weighted by Gasteiger charge is 2.18. The average Bonchev–Trinajstić information content (AvgIpc) is 2.09. The number of hydrogen-bond donors (Lipinski definition) is 2. The molecule has 0 spiro atoms. The molecule has 0 aliphatic rings. The third kappa shape index (κ3) is 6.63. The Bertz CT molecular complexity index is 367. The molecule has 0 heterocycles. The highest BCUT2D eigenvalue weighted by molar-refractivity contribution is 7.86. The highest BCUT2D eigenvalue weighted by Crippen LogP contribution is 1.98. The summed E-state index contributed by atoms with van der Waals surface area (Å²) in [5, 5.41) is 6.89. The van der Waals surface area contributed by atoms with Crippen LogP contribution in [0, 0.1) is 0 Å². The Morgan fingerprint density at radius 2 is 1.93 bits per heavy atom. The zero-order valence-electron chi connectivity index (χ0n) is 7.78. The number of hydrogen-bond acceptors (Lipinski definition) is 5. The van der Waals surface area contributed by atoms with Gasteiger partial charge in [0, 0.05) is 12.2 Å². The van der Waals surface area contributed by atoms with Crippen LogP contribution in [0.15, 0.2) is 12.2 Å². The van der Waals surface area contributed by atoms with E-state index in [0.717, 1.165) is 6.92 Å². The predicted octanol–water partition coefficient (Wildman–Crippen LogP) is -0.553. The molecule has 15 heavy (non-hydrogen) atoms. The second-order valence-electron chi connectivity index (χ2n) is 2.63. The van der Waals surface area contributed by atoms with Crippen LogP contribution < -0.4 is 0 Å². The third-order valence-electron chi connectivity index (χ3n) is 1.33. The number of ether oxygens (including phenoxy) is 1. The highest BCUT2D eigenvalue weighted by atomic mass is 32.2. The van der Waals surface area contributed by atoms with Crippen molar-refractivity contribution in [3.05, 3.63) is 12.2 Å². The van der Waals surface area contributed by atoms with E-state index < -0.39 is 33.9 Å². The molecule has 7 nitrogen and oxygen atoms in total. The van der Waals surface area contributed by atoms with Gasteiger partial charge in [-0.25, -0.2) is 9.59 Å². The van der Waals surface area contributed by atoms with E-state index >= 15 is 0 Å². The van der Waals surface area contributed by atoms with E-state index in [4.69, 9.17) is 9.66 Å².